The highest BCUT2D eigenvalue weighted by atomic mass is 16.2. The smallest absolute Gasteiger partial charge is 0.309 e. The van der Waals surface area contributed by atoms with Gasteiger partial charge in [0.25, 0.3) is 0 Å². The van der Waals surface area contributed by atoms with Crippen molar-refractivity contribution in [2.75, 3.05) is 32.7 Å². The van der Waals surface area contributed by atoms with Gasteiger partial charge in [0.1, 0.15) is 0 Å². The van der Waals surface area contributed by atoms with Crippen LogP contribution < -0.4 is 10.6 Å². The Morgan fingerprint density at radius 1 is 0.875 bits per heavy atom. The van der Waals surface area contributed by atoms with E-state index in [0.29, 0.717) is 13.1 Å². The molecule has 134 valence electrons. The second-order valence-corrected chi connectivity index (χ2v) is 5.94. The van der Waals surface area contributed by atoms with E-state index < -0.39 is 11.8 Å². The molecule has 0 heterocycles. The van der Waals surface area contributed by atoms with Gasteiger partial charge in [0.2, 0.25) is 0 Å². The second kappa shape index (κ2) is 12.5. The number of rotatable bonds is 11. The van der Waals surface area contributed by atoms with E-state index in [1.807, 2.05) is 30.3 Å². The Kier molecular flexibility index (Phi) is 10.5. The van der Waals surface area contributed by atoms with Crippen LogP contribution in [0.5, 0.6) is 0 Å². The van der Waals surface area contributed by atoms with Gasteiger partial charge in [-0.3, -0.25) is 9.59 Å². The molecular weight excluding hydrogens is 302 g/mol. The van der Waals surface area contributed by atoms with Crippen LogP contribution in [0.3, 0.4) is 0 Å². The average Bonchev–Trinajstić information content (AvgIpc) is 2.59. The van der Waals surface area contributed by atoms with E-state index in [0.717, 1.165) is 50.9 Å². The van der Waals surface area contributed by atoms with Gasteiger partial charge in [-0.25, -0.2) is 0 Å². The van der Waals surface area contributed by atoms with E-state index >= 15 is 0 Å². The highest BCUT2D eigenvalue weighted by molar-refractivity contribution is 6.35. The van der Waals surface area contributed by atoms with Crippen molar-refractivity contribution in [2.45, 2.75) is 39.5 Å². The van der Waals surface area contributed by atoms with Crippen molar-refractivity contribution < 1.29 is 9.59 Å². The zero-order valence-electron chi connectivity index (χ0n) is 15.0. The maximum absolute atomic E-state index is 11.7. The molecule has 0 aliphatic rings. The third-order valence-corrected chi connectivity index (χ3v) is 3.76. The van der Waals surface area contributed by atoms with Crippen LogP contribution in [0, 0.1) is 0 Å². The molecular formula is C19H31N3O2. The van der Waals surface area contributed by atoms with E-state index in [1.54, 1.807) is 0 Å². The normalized spacial score (nSPS) is 10.6. The molecule has 5 nitrogen and oxygen atoms in total. The van der Waals surface area contributed by atoms with E-state index in [2.05, 4.69) is 29.4 Å². The summed E-state index contributed by atoms with van der Waals surface area (Å²) < 4.78 is 0. The lowest BCUT2D eigenvalue weighted by atomic mass is 10.1. The predicted molar refractivity (Wildman–Crippen MR) is 97.8 cm³/mol. The molecule has 5 heteroatoms. The van der Waals surface area contributed by atoms with Crippen molar-refractivity contribution in [3.63, 3.8) is 0 Å². The standard InChI is InChI=1S/C19H31N3O2/c1-3-14-22(15-4-2)16-8-12-20-18(23)19(24)21-13-11-17-9-6-5-7-10-17/h5-7,9-10H,3-4,8,11-16H2,1-2H3,(H,20,23)(H,21,24). The fraction of sp³-hybridized carbons (Fsp3) is 0.579. The molecule has 0 fully saturated rings. The molecule has 0 aromatic heterocycles. The summed E-state index contributed by atoms with van der Waals surface area (Å²) in [5.74, 6) is -1.09. The molecule has 0 atom stereocenters. The van der Waals surface area contributed by atoms with E-state index in [9.17, 15) is 9.59 Å². The van der Waals surface area contributed by atoms with Crippen LogP contribution in [-0.4, -0.2) is 49.4 Å². The van der Waals surface area contributed by atoms with Crippen molar-refractivity contribution in [3.05, 3.63) is 35.9 Å². The van der Waals surface area contributed by atoms with Gasteiger partial charge >= 0.3 is 11.8 Å². The Hall–Kier alpha value is -1.88. The van der Waals surface area contributed by atoms with Crippen molar-refractivity contribution in [3.8, 4) is 0 Å². The highest BCUT2D eigenvalue weighted by Crippen LogP contribution is 1.98. The lowest BCUT2D eigenvalue weighted by molar-refractivity contribution is -0.139. The van der Waals surface area contributed by atoms with Gasteiger partial charge in [-0.1, -0.05) is 44.2 Å². The molecule has 1 aromatic rings. The van der Waals surface area contributed by atoms with Crippen LogP contribution in [-0.2, 0) is 16.0 Å². The summed E-state index contributed by atoms with van der Waals surface area (Å²) in [4.78, 5) is 25.9. The van der Waals surface area contributed by atoms with Crippen LogP contribution in [0.15, 0.2) is 30.3 Å². The molecule has 1 aromatic carbocycles. The lowest BCUT2D eigenvalue weighted by Gasteiger charge is -2.20. The third kappa shape index (κ3) is 8.67. The number of carbonyl (C=O) groups excluding carboxylic acids is 2. The number of nitrogens with zero attached hydrogens (tertiary/aromatic N) is 1. The van der Waals surface area contributed by atoms with Gasteiger partial charge in [0.05, 0.1) is 0 Å². The predicted octanol–water partition coefficient (Wildman–Crippen LogP) is 1.97. The van der Waals surface area contributed by atoms with Crippen LogP contribution in [0.4, 0.5) is 0 Å². The minimum atomic E-state index is -0.551. The van der Waals surface area contributed by atoms with Crippen molar-refractivity contribution >= 4 is 11.8 Å². The Morgan fingerprint density at radius 2 is 1.46 bits per heavy atom. The molecule has 0 saturated carbocycles. The molecule has 0 aliphatic heterocycles. The summed E-state index contributed by atoms with van der Waals surface area (Å²) in [6.07, 6.45) is 3.86. The Balaban J connectivity index is 2.14. The van der Waals surface area contributed by atoms with Crippen molar-refractivity contribution in [2.24, 2.45) is 0 Å². The Labute approximate surface area is 145 Å². The summed E-state index contributed by atoms with van der Waals surface area (Å²) in [5.41, 5.74) is 1.14. The SMILES string of the molecule is CCCN(CCC)CCCNC(=O)C(=O)NCCc1ccccc1. The first-order chi connectivity index (χ1) is 11.7. The van der Waals surface area contributed by atoms with Gasteiger partial charge in [-0.15, -0.1) is 0 Å². The van der Waals surface area contributed by atoms with Gasteiger partial charge in [0, 0.05) is 13.1 Å². The zero-order valence-corrected chi connectivity index (χ0v) is 15.0. The molecule has 2 amide bonds. The van der Waals surface area contributed by atoms with E-state index in [4.69, 9.17) is 0 Å². The number of benzene rings is 1. The van der Waals surface area contributed by atoms with Gasteiger partial charge in [-0.05, 0) is 50.9 Å². The fourth-order valence-corrected chi connectivity index (χ4v) is 2.60. The minimum Gasteiger partial charge on any atom is -0.348 e. The Morgan fingerprint density at radius 3 is 2.04 bits per heavy atom. The lowest BCUT2D eigenvalue weighted by Crippen LogP contribution is -2.41. The number of carbonyl (C=O) groups is 2. The first-order valence-electron chi connectivity index (χ1n) is 8.99. The summed E-state index contributed by atoms with van der Waals surface area (Å²) in [5, 5.41) is 5.35. The van der Waals surface area contributed by atoms with Gasteiger partial charge in [0.15, 0.2) is 0 Å². The summed E-state index contributed by atoms with van der Waals surface area (Å²) in [6.45, 7) is 8.47. The van der Waals surface area contributed by atoms with Crippen LogP contribution in [0.1, 0.15) is 38.7 Å². The monoisotopic (exact) mass is 333 g/mol. The zero-order chi connectivity index (χ0) is 17.6. The van der Waals surface area contributed by atoms with Crippen LogP contribution in [0.25, 0.3) is 0 Å². The summed E-state index contributed by atoms with van der Waals surface area (Å²) >= 11 is 0. The number of hydrogen-bond acceptors (Lipinski definition) is 3. The van der Waals surface area contributed by atoms with E-state index in [-0.39, 0.29) is 0 Å². The number of amides is 2. The summed E-state index contributed by atoms with van der Waals surface area (Å²) in [6, 6.07) is 9.89. The maximum Gasteiger partial charge on any atom is 0.309 e. The van der Waals surface area contributed by atoms with Crippen molar-refractivity contribution in [1.82, 2.24) is 15.5 Å². The molecule has 24 heavy (non-hydrogen) atoms. The number of nitrogens with one attached hydrogen (secondary N) is 2. The van der Waals surface area contributed by atoms with E-state index in [1.165, 1.54) is 0 Å². The molecule has 2 N–H and O–H groups in total. The largest absolute Gasteiger partial charge is 0.348 e. The molecule has 1 rings (SSSR count). The first kappa shape index (κ1) is 20.2. The molecule has 0 saturated heterocycles. The quantitative estimate of drug-likeness (QED) is 0.481. The minimum absolute atomic E-state index is 0.469. The fourth-order valence-electron chi connectivity index (χ4n) is 2.60. The first-order valence-corrected chi connectivity index (χ1v) is 8.99. The Bertz CT molecular complexity index is 471. The third-order valence-electron chi connectivity index (χ3n) is 3.76. The molecule has 0 radical (unpaired) electrons. The summed E-state index contributed by atoms with van der Waals surface area (Å²) in [7, 11) is 0. The molecule has 0 aliphatic carbocycles. The number of hydrogen-bond donors (Lipinski definition) is 2. The molecule has 0 spiro atoms. The highest BCUT2D eigenvalue weighted by Gasteiger charge is 2.12. The van der Waals surface area contributed by atoms with Crippen LogP contribution in [0.2, 0.25) is 0 Å². The van der Waals surface area contributed by atoms with Gasteiger partial charge in [-0.2, -0.15) is 0 Å². The second-order valence-electron chi connectivity index (χ2n) is 5.94. The topological polar surface area (TPSA) is 61.4 Å². The van der Waals surface area contributed by atoms with Gasteiger partial charge < -0.3 is 15.5 Å². The average molecular weight is 333 g/mol. The molecule has 0 bridgehead atoms. The molecule has 0 unspecified atom stereocenters. The van der Waals surface area contributed by atoms with Crippen LogP contribution >= 0.6 is 0 Å². The maximum atomic E-state index is 11.7. The van der Waals surface area contributed by atoms with Crippen molar-refractivity contribution in [1.29, 1.82) is 0 Å².